The molecular formula is C8H14N2O5. The van der Waals surface area contributed by atoms with E-state index in [4.69, 9.17) is 10.8 Å². The van der Waals surface area contributed by atoms with E-state index in [1.54, 1.807) is 0 Å². The predicted molar refractivity (Wildman–Crippen MR) is 48.8 cm³/mol. The van der Waals surface area contributed by atoms with Crippen molar-refractivity contribution in [3.05, 3.63) is 0 Å². The summed E-state index contributed by atoms with van der Waals surface area (Å²) < 4.78 is 0. The molecule has 5 N–H and O–H groups in total. The van der Waals surface area contributed by atoms with Gasteiger partial charge in [0.05, 0.1) is 24.7 Å². The number of aliphatic hydroxyl groups is 2. The predicted octanol–water partition coefficient (Wildman–Crippen LogP) is -2.65. The first-order valence-electron chi connectivity index (χ1n) is 4.54. The number of likely N-dealkylation sites (tertiary alicyclic amines) is 1. The molecule has 0 aromatic rings. The highest BCUT2D eigenvalue weighted by Gasteiger charge is 2.34. The Balaban J connectivity index is 2.51. The number of nitrogens with zero attached hydrogens (tertiary/aromatic N) is 1. The summed E-state index contributed by atoms with van der Waals surface area (Å²) in [5, 5.41) is 26.8. The van der Waals surface area contributed by atoms with Crippen LogP contribution in [0.5, 0.6) is 0 Å². The van der Waals surface area contributed by atoms with Gasteiger partial charge in [-0.1, -0.05) is 0 Å². The van der Waals surface area contributed by atoms with E-state index in [0.717, 1.165) is 0 Å². The lowest BCUT2D eigenvalue weighted by Crippen LogP contribution is -2.44. The van der Waals surface area contributed by atoms with Crippen molar-refractivity contribution in [1.29, 1.82) is 0 Å². The number of hydrogen-bond donors (Lipinski definition) is 4. The molecule has 0 radical (unpaired) electrons. The van der Waals surface area contributed by atoms with Crippen LogP contribution >= 0.6 is 0 Å². The lowest BCUT2D eigenvalue weighted by Gasteiger charge is -2.18. The van der Waals surface area contributed by atoms with Crippen LogP contribution in [0.1, 0.15) is 6.42 Å². The Morgan fingerprint density at radius 3 is 2.20 bits per heavy atom. The van der Waals surface area contributed by atoms with Crippen molar-refractivity contribution >= 4 is 11.9 Å². The van der Waals surface area contributed by atoms with Crippen molar-refractivity contribution in [1.82, 2.24) is 4.90 Å². The van der Waals surface area contributed by atoms with Gasteiger partial charge in [0.25, 0.3) is 0 Å². The summed E-state index contributed by atoms with van der Waals surface area (Å²) in [6.45, 7) is -0.0133. The standard InChI is InChI=1S/C8H14N2O5/c9-4(1-7(13)14)8(15)10-2-5(11)6(12)3-10/h4-6,11-12H,1-3,9H2,(H,13,14). The first-order chi connectivity index (χ1) is 6.91. The first kappa shape index (κ1) is 11.9. The molecule has 0 bridgehead atoms. The minimum Gasteiger partial charge on any atom is -0.481 e. The monoisotopic (exact) mass is 218 g/mol. The summed E-state index contributed by atoms with van der Waals surface area (Å²) in [4.78, 5) is 23.0. The maximum atomic E-state index is 11.5. The average molecular weight is 218 g/mol. The van der Waals surface area contributed by atoms with E-state index in [2.05, 4.69) is 0 Å². The van der Waals surface area contributed by atoms with Crippen LogP contribution in [0.25, 0.3) is 0 Å². The Labute approximate surface area is 86.1 Å². The molecule has 86 valence electrons. The van der Waals surface area contributed by atoms with Crippen LogP contribution in [0.2, 0.25) is 0 Å². The number of amides is 1. The number of carbonyl (C=O) groups is 2. The summed E-state index contributed by atoms with van der Waals surface area (Å²) >= 11 is 0. The number of aliphatic carboxylic acids is 1. The Morgan fingerprint density at radius 1 is 1.33 bits per heavy atom. The molecule has 1 fully saturated rings. The van der Waals surface area contributed by atoms with Gasteiger partial charge in [0.15, 0.2) is 0 Å². The molecule has 1 rings (SSSR count). The van der Waals surface area contributed by atoms with E-state index < -0.39 is 36.5 Å². The van der Waals surface area contributed by atoms with Crippen molar-refractivity contribution < 1.29 is 24.9 Å². The lowest BCUT2D eigenvalue weighted by molar-refractivity contribution is -0.141. The molecule has 0 aromatic carbocycles. The van der Waals surface area contributed by atoms with E-state index in [1.165, 1.54) is 4.90 Å². The van der Waals surface area contributed by atoms with Crippen molar-refractivity contribution in [2.45, 2.75) is 24.7 Å². The number of carbonyl (C=O) groups excluding carboxylic acids is 1. The number of nitrogens with two attached hydrogens (primary N) is 1. The zero-order chi connectivity index (χ0) is 11.6. The molecule has 0 saturated carbocycles. The topological polar surface area (TPSA) is 124 Å². The molecule has 7 heteroatoms. The zero-order valence-corrected chi connectivity index (χ0v) is 8.04. The molecule has 7 nitrogen and oxygen atoms in total. The lowest BCUT2D eigenvalue weighted by atomic mass is 10.2. The minimum absolute atomic E-state index is 0.00663. The molecule has 0 aromatic heterocycles. The summed E-state index contributed by atoms with van der Waals surface area (Å²) in [5.74, 6) is -1.72. The van der Waals surface area contributed by atoms with E-state index in [0.29, 0.717) is 0 Å². The Kier molecular flexibility index (Phi) is 3.61. The fourth-order valence-electron chi connectivity index (χ4n) is 1.46. The summed E-state index contributed by atoms with van der Waals surface area (Å²) in [5.41, 5.74) is 5.35. The van der Waals surface area contributed by atoms with Crippen LogP contribution in [0.3, 0.4) is 0 Å². The summed E-state index contributed by atoms with van der Waals surface area (Å²) in [6, 6.07) is -1.13. The number of rotatable bonds is 3. The quantitative estimate of drug-likeness (QED) is 0.410. The maximum Gasteiger partial charge on any atom is 0.305 e. The molecule has 1 amide bonds. The highest BCUT2D eigenvalue weighted by Crippen LogP contribution is 2.11. The molecule has 1 heterocycles. The normalized spacial score (nSPS) is 27.8. The van der Waals surface area contributed by atoms with Crippen LogP contribution in [-0.2, 0) is 9.59 Å². The smallest absolute Gasteiger partial charge is 0.305 e. The largest absolute Gasteiger partial charge is 0.481 e. The molecule has 0 spiro atoms. The third-order valence-corrected chi connectivity index (χ3v) is 2.28. The number of carboxylic acid groups (broad SMARTS) is 1. The van der Waals surface area contributed by atoms with Gasteiger partial charge in [0.1, 0.15) is 0 Å². The molecule has 1 aliphatic heterocycles. The molecule has 3 unspecified atom stereocenters. The van der Waals surface area contributed by atoms with E-state index >= 15 is 0 Å². The highest BCUT2D eigenvalue weighted by molar-refractivity contribution is 5.86. The van der Waals surface area contributed by atoms with Gasteiger partial charge in [-0.05, 0) is 0 Å². The Bertz CT molecular complexity index is 260. The fraction of sp³-hybridized carbons (Fsp3) is 0.750. The third-order valence-electron chi connectivity index (χ3n) is 2.28. The number of carboxylic acids is 1. The number of aliphatic hydroxyl groups excluding tert-OH is 2. The van der Waals surface area contributed by atoms with Crippen molar-refractivity contribution in [2.75, 3.05) is 13.1 Å². The van der Waals surface area contributed by atoms with Crippen LogP contribution in [-0.4, -0.2) is 63.4 Å². The fourth-order valence-corrected chi connectivity index (χ4v) is 1.46. The van der Waals surface area contributed by atoms with Gasteiger partial charge in [0.2, 0.25) is 5.91 Å². The highest BCUT2D eigenvalue weighted by atomic mass is 16.4. The van der Waals surface area contributed by atoms with Gasteiger partial charge in [-0.2, -0.15) is 0 Å². The summed E-state index contributed by atoms with van der Waals surface area (Å²) in [7, 11) is 0. The number of β-amino-alcohol motifs (C(OH)–C–C–N with tert-alkyl or cyclic N) is 2. The number of hydrogen-bond acceptors (Lipinski definition) is 5. The minimum atomic E-state index is -1.16. The zero-order valence-electron chi connectivity index (χ0n) is 8.04. The summed E-state index contributed by atoms with van der Waals surface area (Å²) in [6.07, 6.45) is -2.42. The van der Waals surface area contributed by atoms with E-state index in [1.807, 2.05) is 0 Å². The molecule has 1 saturated heterocycles. The Morgan fingerprint density at radius 2 is 1.80 bits per heavy atom. The van der Waals surface area contributed by atoms with Crippen LogP contribution in [0.4, 0.5) is 0 Å². The van der Waals surface area contributed by atoms with E-state index in [-0.39, 0.29) is 13.1 Å². The molecule has 15 heavy (non-hydrogen) atoms. The van der Waals surface area contributed by atoms with Crippen LogP contribution in [0.15, 0.2) is 0 Å². The SMILES string of the molecule is NC(CC(=O)O)C(=O)N1CC(O)C(O)C1. The van der Waals surface area contributed by atoms with Gasteiger partial charge in [-0.25, -0.2) is 0 Å². The van der Waals surface area contributed by atoms with Crippen molar-refractivity contribution in [3.63, 3.8) is 0 Å². The first-order valence-corrected chi connectivity index (χ1v) is 4.54. The van der Waals surface area contributed by atoms with Crippen LogP contribution < -0.4 is 5.73 Å². The van der Waals surface area contributed by atoms with Gasteiger partial charge in [0, 0.05) is 13.1 Å². The Hall–Kier alpha value is -1.18. The second kappa shape index (κ2) is 4.56. The molecular weight excluding hydrogens is 204 g/mol. The molecule has 3 atom stereocenters. The van der Waals surface area contributed by atoms with Gasteiger partial charge < -0.3 is 26.0 Å². The second-order valence-electron chi connectivity index (χ2n) is 3.58. The van der Waals surface area contributed by atoms with Crippen molar-refractivity contribution in [3.8, 4) is 0 Å². The second-order valence-corrected chi connectivity index (χ2v) is 3.58. The van der Waals surface area contributed by atoms with Crippen molar-refractivity contribution in [2.24, 2.45) is 5.73 Å². The van der Waals surface area contributed by atoms with Gasteiger partial charge in [-0.15, -0.1) is 0 Å². The molecule has 1 aliphatic rings. The van der Waals surface area contributed by atoms with Gasteiger partial charge >= 0.3 is 5.97 Å². The third kappa shape index (κ3) is 2.88. The molecule has 0 aliphatic carbocycles. The van der Waals surface area contributed by atoms with Gasteiger partial charge in [-0.3, -0.25) is 9.59 Å². The average Bonchev–Trinajstić information content (AvgIpc) is 2.44. The maximum absolute atomic E-state index is 11.5. The van der Waals surface area contributed by atoms with Crippen LogP contribution in [0, 0.1) is 0 Å². The van der Waals surface area contributed by atoms with E-state index in [9.17, 15) is 19.8 Å².